The Labute approximate surface area is 153 Å². The number of hydrogen-bond acceptors (Lipinski definition) is 4. The van der Waals surface area contributed by atoms with Gasteiger partial charge in [-0.1, -0.05) is 0 Å². The lowest BCUT2D eigenvalue weighted by molar-refractivity contribution is 0.0595. The number of likely N-dealkylation sites (N-methyl/N-ethyl adjacent to an activating group) is 1. The van der Waals surface area contributed by atoms with Crippen LogP contribution in [0.2, 0.25) is 0 Å². The Morgan fingerprint density at radius 2 is 1.74 bits per heavy atom. The number of rotatable bonds is 6. The van der Waals surface area contributed by atoms with Crippen molar-refractivity contribution in [3.05, 3.63) is 59.4 Å². The van der Waals surface area contributed by atoms with Crippen molar-refractivity contribution < 1.29 is 32.2 Å². The van der Waals surface area contributed by atoms with Crippen LogP contribution in [0.4, 0.5) is 23.7 Å². The molecule has 0 atom stereocenters. The molecule has 0 aliphatic heterocycles. The van der Waals surface area contributed by atoms with Crippen molar-refractivity contribution in [2.75, 3.05) is 32.6 Å². The van der Waals surface area contributed by atoms with Gasteiger partial charge in [0, 0.05) is 13.1 Å². The van der Waals surface area contributed by atoms with Crippen LogP contribution in [-0.4, -0.2) is 44.2 Å². The number of nitrogens with one attached hydrogen (secondary N) is 1. The van der Waals surface area contributed by atoms with E-state index in [4.69, 9.17) is 4.74 Å². The summed E-state index contributed by atoms with van der Waals surface area (Å²) >= 11 is 0. The highest BCUT2D eigenvalue weighted by atomic mass is 19.1. The van der Waals surface area contributed by atoms with Crippen molar-refractivity contribution in [1.29, 1.82) is 0 Å². The van der Waals surface area contributed by atoms with Crippen LogP contribution in [0.25, 0.3) is 0 Å². The zero-order chi connectivity index (χ0) is 20.0. The zero-order valence-corrected chi connectivity index (χ0v) is 14.6. The van der Waals surface area contributed by atoms with Crippen molar-refractivity contribution in [1.82, 2.24) is 4.90 Å². The topological polar surface area (TPSA) is 67.9 Å². The van der Waals surface area contributed by atoms with Crippen LogP contribution in [0.1, 0.15) is 10.4 Å². The smallest absolute Gasteiger partial charge is 0.340 e. The molecule has 0 aromatic heterocycles. The molecule has 0 bridgehead atoms. The Morgan fingerprint density at radius 3 is 2.37 bits per heavy atom. The highest BCUT2D eigenvalue weighted by molar-refractivity contribution is 5.94. The fraction of sp³-hybridized carbons (Fsp3) is 0.222. The molecule has 0 saturated heterocycles. The predicted molar refractivity (Wildman–Crippen MR) is 91.2 cm³/mol. The Bertz CT molecular complexity index is 828. The summed E-state index contributed by atoms with van der Waals surface area (Å²) in [7, 11) is 2.49. The van der Waals surface area contributed by atoms with Gasteiger partial charge < -0.3 is 19.7 Å². The molecule has 0 aliphatic carbocycles. The van der Waals surface area contributed by atoms with Gasteiger partial charge in [0.15, 0.2) is 0 Å². The molecule has 144 valence electrons. The van der Waals surface area contributed by atoms with E-state index in [1.54, 1.807) is 0 Å². The third kappa shape index (κ3) is 5.37. The van der Waals surface area contributed by atoms with Gasteiger partial charge in [0.05, 0.1) is 24.9 Å². The summed E-state index contributed by atoms with van der Waals surface area (Å²) in [5.41, 5.74) is -0.871. The van der Waals surface area contributed by atoms with Gasteiger partial charge in [0.25, 0.3) is 0 Å². The normalized spacial score (nSPS) is 10.3. The van der Waals surface area contributed by atoms with Crippen molar-refractivity contribution in [2.45, 2.75) is 0 Å². The number of methoxy groups -OCH3 is 1. The molecule has 9 heteroatoms. The summed E-state index contributed by atoms with van der Waals surface area (Å²) in [5.74, 6) is -3.10. The first kappa shape index (κ1) is 20.1. The molecule has 0 unspecified atom stereocenters. The van der Waals surface area contributed by atoms with Crippen LogP contribution in [-0.2, 0) is 4.74 Å². The van der Waals surface area contributed by atoms with Crippen molar-refractivity contribution in [3.63, 3.8) is 0 Å². The predicted octanol–water partition coefficient (Wildman–Crippen LogP) is 3.43. The molecule has 0 saturated carbocycles. The fourth-order valence-electron chi connectivity index (χ4n) is 2.05. The van der Waals surface area contributed by atoms with Gasteiger partial charge in [-0.15, -0.1) is 0 Å². The number of nitrogens with zero attached hydrogens (tertiary/aromatic N) is 1. The van der Waals surface area contributed by atoms with Gasteiger partial charge in [0.2, 0.25) is 0 Å². The maximum atomic E-state index is 13.8. The van der Waals surface area contributed by atoms with E-state index in [0.29, 0.717) is 11.8 Å². The lowest BCUT2D eigenvalue weighted by Crippen LogP contribution is -2.34. The Balaban J connectivity index is 1.95. The molecule has 0 heterocycles. The molecule has 2 aromatic rings. The molecule has 0 aliphatic rings. The molecule has 2 amide bonds. The van der Waals surface area contributed by atoms with E-state index in [-0.39, 0.29) is 18.8 Å². The molecule has 2 rings (SSSR count). The van der Waals surface area contributed by atoms with Crippen molar-refractivity contribution >= 4 is 17.7 Å². The lowest BCUT2D eigenvalue weighted by atomic mass is 10.2. The second kappa shape index (κ2) is 8.93. The Morgan fingerprint density at radius 1 is 1.07 bits per heavy atom. The van der Waals surface area contributed by atoms with Crippen LogP contribution in [0.5, 0.6) is 5.75 Å². The molecule has 27 heavy (non-hydrogen) atoms. The number of anilines is 1. The molecular weight excluding hydrogens is 365 g/mol. The first-order chi connectivity index (χ1) is 12.8. The van der Waals surface area contributed by atoms with Gasteiger partial charge >= 0.3 is 12.0 Å². The van der Waals surface area contributed by atoms with E-state index in [1.807, 2.05) is 0 Å². The number of carbonyl (C=O) groups excluding carboxylic acids is 2. The maximum absolute atomic E-state index is 13.8. The summed E-state index contributed by atoms with van der Waals surface area (Å²) in [5, 5.41) is 2.25. The van der Waals surface area contributed by atoms with Crippen molar-refractivity contribution in [3.8, 4) is 5.75 Å². The number of halogens is 3. The quantitative estimate of drug-likeness (QED) is 0.778. The van der Waals surface area contributed by atoms with Gasteiger partial charge in [-0.05, 0) is 30.3 Å². The highest BCUT2D eigenvalue weighted by Crippen LogP contribution is 2.20. The van der Waals surface area contributed by atoms with Crippen LogP contribution in [0.15, 0.2) is 36.4 Å². The maximum Gasteiger partial charge on any atom is 0.340 e. The summed E-state index contributed by atoms with van der Waals surface area (Å²) < 4.78 is 50.0. The molecule has 6 nitrogen and oxygen atoms in total. The van der Waals surface area contributed by atoms with Crippen molar-refractivity contribution in [2.24, 2.45) is 0 Å². The number of carbonyl (C=O) groups is 2. The number of esters is 1. The molecular formula is C18H17F3N2O4. The number of ether oxygens (including phenoxy) is 2. The first-order valence-corrected chi connectivity index (χ1v) is 7.79. The van der Waals surface area contributed by atoms with Gasteiger partial charge in [-0.3, -0.25) is 0 Å². The summed E-state index contributed by atoms with van der Waals surface area (Å²) in [4.78, 5) is 24.8. The number of urea groups is 1. The standard InChI is InChI=1S/C18H17F3N2O4/c1-23(7-8-27-12-5-3-11(19)4-6-12)18(25)22-16-9-13(17(24)26-2)14(20)10-15(16)21/h3-6,9-10H,7-8H2,1-2H3,(H,22,25). The van der Waals surface area contributed by atoms with E-state index in [1.165, 1.54) is 36.2 Å². The highest BCUT2D eigenvalue weighted by Gasteiger charge is 2.19. The molecule has 0 spiro atoms. The van der Waals surface area contributed by atoms with Gasteiger partial charge in [-0.25, -0.2) is 22.8 Å². The minimum atomic E-state index is -1.10. The second-order valence-electron chi connectivity index (χ2n) is 5.46. The SMILES string of the molecule is COC(=O)c1cc(NC(=O)N(C)CCOc2ccc(F)cc2)c(F)cc1F. The largest absolute Gasteiger partial charge is 0.492 e. The molecule has 0 radical (unpaired) electrons. The average molecular weight is 382 g/mol. The zero-order valence-electron chi connectivity index (χ0n) is 14.6. The summed E-state index contributed by atoms with van der Waals surface area (Å²) in [6, 6.07) is 6.01. The minimum absolute atomic E-state index is 0.106. The molecule has 1 N–H and O–H groups in total. The van der Waals surface area contributed by atoms with E-state index in [2.05, 4.69) is 10.1 Å². The van der Waals surface area contributed by atoms with Crippen LogP contribution >= 0.6 is 0 Å². The summed E-state index contributed by atoms with van der Waals surface area (Å²) in [6.07, 6.45) is 0. The Hall–Kier alpha value is -3.23. The number of benzene rings is 2. The number of amides is 2. The lowest BCUT2D eigenvalue weighted by Gasteiger charge is -2.19. The fourth-order valence-corrected chi connectivity index (χ4v) is 2.05. The summed E-state index contributed by atoms with van der Waals surface area (Å²) in [6.45, 7) is 0.241. The van der Waals surface area contributed by atoms with E-state index in [9.17, 15) is 22.8 Å². The minimum Gasteiger partial charge on any atom is -0.492 e. The third-order valence-electron chi connectivity index (χ3n) is 3.56. The van der Waals surface area contributed by atoms with Crippen LogP contribution in [0.3, 0.4) is 0 Å². The molecule has 0 fully saturated rings. The monoisotopic (exact) mass is 382 g/mol. The third-order valence-corrected chi connectivity index (χ3v) is 3.56. The van der Waals surface area contributed by atoms with E-state index < -0.39 is 35.0 Å². The van der Waals surface area contributed by atoms with Gasteiger partial charge in [-0.2, -0.15) is 0 Å². The average Bonchev–Trinajstić information content (AvgIpc) is 2.64. The Kier molecular flexibility index (Phi) is 6.64. The number of hydrogen-bond donors (Lipinski definition) is 1. The second-order valence-corrected chi connectivity index (χ2v) is 5.46. The van der Waals surface area contributed by atoms with Gasteiger partial charge in [0.1, 0.15) is 29.8 Å². The molecule has 2 aromatic carbocycles. The first-order valence-electron chi connectivity index (χ1n) is 7.79. The van der Waals surface area contributed by atoms with Crippen LogP contribution < -0.4 is 10.1 Å². The van der Waals surface area contributed by atoms with E-state index in [0.717, 1.165) is 13.2 Å². The van der Waals surface area contributed by atoms with E-state index >= 15 is 0 Å². The van der Waals surface area contributed by atoms with Crippen LogP contribution in [0, 0.1) is 17.5 Å².